The molecule has 1 aromatic heterocycles. The van der Waals surface area contributed by atoms with E-state index < -0.39 is 6.10 Å². The molecule has 0 amide bonds. The van der Waals surface area contributed by atoms with E-state index in [2.05, 4.69) is 10.1 Å². The Morgan fingerprint density at radius 2 is 1.86 bits per heavy atom. The van der Waals surface area contributed by atoms with E-state index in [1.54, 1.807) is 11.0 Å². The van der Waals surface area contributed by atoms with Crippen LogP contribution in [0.15, 0.2) is 30.6 Å². The Balaban J connectivity index is 1.90. The molecule has 2 rings (SSSR count). The Labute approximate surface area is 130 Å². The van der Waals surface area contributed by atoms with Crippen LogP contribution in [-0.2, 0) is 19.4 Å². The Hall–Kier alpha value is -1.39. The fourth-order valence-electron chi connectivity index (χ4n) is 1.89. The minimum absolute atomic E-state index is 0.157. The smallest absolute Gasteiger partial charge is 0.150 e. The van der Waals surface area contributed by atoms with Gasteiger partial charge in [0.15, 0.2) is 5.82 Å². The van der Waals surface area contributed by atoms with Gasteiger partial charge in [-0.05, 0) is 29.5 Å². The summed E-state index contributed by atoms with van der Waals surface area (Å²) in [4.78, 5) is 4.30. The maximum atomic E-state index is 10.1. The molecule has 21 heavy (non-hydrogen) atoms. The average Bonchev–Trinajstić information content (AvgIpc) is 2.85. The van der Waals surface area contributed by atoms with E-state index >= 15 is 0 Å². The van der Waals surface area contributed by atoms with Gasteiger partial charge in [-0.3, -0.25) is 4.68 Å². The van der Waals surface area contributed by atoms with E-state index in [0.717, 1.165) is 23.7 Å². The lowest BCUT2D eigenvalue weighted by Crippen LogP contribution is -2.30. The minimum atomic E-state index is -0.441. The average molecular weight is 308 g/mol. The largest absolute Gasteiger partial charge is 0.391 e. The van der Waals surface area contributed by atoms with Gasteiger partial charge in [-0.1, -0.05) is 44.5 Å². The number of aromatic nitrogens is 3. The van der Waals surface area contributed by atoms with Crippen molar-refractivity contribution in [2.75, 3.05) is 0 Å². The molecule has 2 aromatic rings. The van der Waals surface area contributed by atoms with E-state index in [-0.39, 0.29) is 5.41 Å². The molecule has 0 radical (unpaired) electrons. The van der Waals surface area contributed by atoms with Crippen molar-refractivity contribution in [1.29, 1.82) is 0 Å². The fraction of sp³-hybridized carbons (Fsp3) is 0.500. The van der Waals surface area contributed by atoms with Gasteiger partial charge in [0, 0.05) is 11.4 Å². The lowest BCUT2D eigenvalue weighted by Gasteiger charge is -2.25. The van der Waals surface area contributed by atoms with Crippen LogP contribution in [0, 0.1) is 5.41 Å². The first-order valence-corrected chi connectivity index (χ1v) is 7.53. The molecule has 0 aliphatic heterocycles. The molecule has 4 nitrogen and oxygen atoms in total. The monoisotopic (exact) mass is 307 g/mol. The van der Waals surface area contributed by atoms with Crippen molar-refractivity contribution >= 4 is 11.6 Å². The van der Waals surface area contributed by atoms with E-state index in [1.165, 1.54) is 5.56 Å². The number of hydrogen-bond acceptors (Lipinski definition) is 3. The van der Waals surface area contributed by atoms with Gasteiger partial charge in [0.1, 0.15) is 6.33 Å². The van der Waals surface area contributed by atoms with Gasteiger partial charge in [-0.25, -0.2) is 4.98 Å². The molecular formula is C16H22ClN3O. The lowest BCUT2D eigenvalue weighted by molar-refractivity contribution is 0.0449. The van der Waals surface area contributed by atoms with Crippen molar-refractivity contribution in [3.8, 4) is 0 Å². The van der Waals surface area contributed by atoms with E-state index in [4.69, 9.17) is 11.6 Å². The van der Waals surface area contributed by atoms with Crippen LogP contribution in [0.1, 0.15) is 32.2 Å². The molecule has 1 aromatic carbocycles. The predicted octanol–water partition coefficient (Wildman–Crippen LogP) is 3.12. The van der Waals surface area contributed by atoms with Crippen LogP contribution in [0.3, 0.4) is 0 Å². The van der Waals surface area contributed by atoms with Crippen LogP contribution in [0.25, 0.3) is 0 Å². The third kappa shape index (κ3) is 4.83. The van der Waals surface area contributed by atoms with Gasteiger partial charge in [0.2, 0.25) is 0 Å². The van der Waals surface area contributed by atoms with Crippen LogP contribution < -0.4 is 0 Å². The van der Waals surface area contributed by atoms with Crippen LogP contribution in [0.4, 0.5) is 0 Å². The third-order valence-electron chi connectivity index (χ3n) is 3.49. The second kappa shape index (κ2) is 6.58. The highest BCUT2D eigenvalue weighted by atomic mass is 35.5. The number of aliphatic hydroxyl groups is 1. The van der Waals surface area contributed by atoms with E-state index in [1.807, 2.05) is 45.0 Å². The number of aliphatic hydroxyl groups excluding tert-OH is 1. The van der Waals surface area contributed by atoms with Crippen molar-refractivity contribution in [2.45, 2.75) is 46.3 Å². The van der Waals surface area contributed by atoms with Crippen LogP contribution in [-0.4, -0.2) is 26.0 Å². The molecule has 1 atom stereocenters. The lowest BCUT2D eigenvalue weighted by atomic mass is 9.89. The van der Waals surface area contributed by atoms with Crippen LogP contribution in [0.5, 0.6) is 0 Å². The highest BCUT2D eigenvalue weighted by Crippen LogP contribution is 2.20. The van der Waals surface area contributed by atoms with E-state index in [9.17, 15) is 5.11 Å². The molecule has 0 saturated heterocycles. The number of halogens is 1. The molecule has 0 saturated carbocycles. The molecule has 1 unspecified atom stereocenters. The maximum absolute atomic E-state index is 10.1. The normalized spacial score (nSPS) is 13.4. The molecule has 114 valence electrons. The number of nitrogens with zero attached hydrogens (tertiary/aromatic N) is 3. The van der Waals surface area contributed by atoms with Gasteiger partial charge in [0.25, 0.3) is 0 Å². The summed E-state index contributed by atoms with van der Waals surface area (Å²) in [5, 5.41) is 15.2. The minimum Gasteiger partial charge on any atom is -0.391 e. The Bertz CT molecular complexity index is 572. The Morgan fingerprint density at radius 1 is 1.19 bits per heavy atom. The summed E-state index contributed by atoms with van der Waals surface area (Å²) in [7, 11) is 0. The highest BCUT2D eigenvalue weighted by Gasteiger charge is 2.22. The van der Waals surface area contributed by atoms with Gasteiger partial charge in [-0.2, -0.15) is 5.10 Å². The summed E-state index contributed by atoms with van der Waals surface area (Å²) in [6, 6.07) is 7.82. The van der Waals surface area contributed by atoms with Gasteiger partial charge in [0.05, 0.1) is 12.6 Å². The summed E-state index contributed by atoms with van der Waals surface area (Å²) < 4.78 is 1.72. The number of benzene rings is 1. The van der Waals surface area contributed by atoms with Crippen LogP contribution in [0.2, 0.25) is 5.02 Å². The molecule has 0 fully saturated rings. The van der Waals surface area contributed by atoms with Gasteiger partial charge >= 0.3 is 0 Å². The van der Waals surface area contributed by atoms with Crippen molar-refractivity contribution in [1.82, 2.24) is 14.8 Å². The number of aryl methyl sites for hydroxylation is 2. The van der Waals surface area contributed by atoms with Crippen LogP contribution >= 0.6 is 11.6 Å². The molecule has 1 heterocycles. The first kappa shape index (κ1) is 16.0. The van der Waals surface area contributed by atoms with Crippen molar-refractivity contribution in [3.05, 3.63) is 47.0 Å². The van der Waals surface area contributed by atoms with Crippen molar-refractivity contribution in [3.63, 3.8) is 0 Å². The van der Waals surface area contributed by atoms with Crippen molar-refractivity contribution < 1.29 is 5.11 Å². The first-order valence-electron chi connectivity index (χ1n) is 7.15. The highest BCUT2D eigenvalue weighted by molar-refractivity contribution is 6.30. The molecule has 0 spiro atoms. The third-order valence-corrected chi connectivity index (χ3v) is 3.75. The van der Waals surface area contributed by atoms with Crippen molar-refractivity contribution in [2.24, 2.45) is 5.41 Å². The predicted molar refractivity (Wildman–Crippen MR) is 84.3 cm³/mol. The zero-order chi connectivity index (χ0) is 15.5. The zero-order valence-corrected chi connectivity index (χ0v) is 13.5. The molecule has 1 N–H and O–H groups in total. The molecule has 0 aliphatic rings. The van der Waals surface area contributed by atoms with Gasteiger partial charge in [-0.15, -0.1) is 0 Å². The zero-order valence-electron chi connectivity index (χ0n) is 12.8. The SMILES string of the molecule is CC(C)(C)C(O)Cn1cnc(CCc2ccc(Cl)cc2)n1. The summed E-state index contributed by atoms with van der Waals surface area (Å²) in [5.74, 6) is 0.797. The fourth-order valence-corrected chi connectivity index (χ4v) is 2.02. The number of rotatable bonds is 5. The first-order chi connectivity index (χ1) is 9.84. The second-order valence-corrected chi connectivity index (χ2v) is 6.83. The van der Waals surface area contributed by atoms with Gasteiger partial charge < -0.3 is 5.11 Å². The topological polar surface area (TPSA) is 50.9 Å². The molecule has 0 aliphatic carbocycles. The molecular weight excluding hydrogens is 286 g/mol. The van der Waals surface area contributed by atoms with E-state index in [0.29, 0.717) is 6.54 Å². The maximum Gasteiger partial charge on any atom is 0.150 e. The Morgan fingerprint density at radius 3 is 2.48 bits per heavy atom. The second-order valence-electron chi connectivity index (χ2n) is 6.39. The molecule has 5 heteroatoms. The summed E-state index contributed by atoms with van der Waals surface area (Å²) in [6.45, 7) is 6.50. The summed E-state index contributed by atoms with van der Waals surface area (Å²) >= 11 is 5.87. The quantitative estimate of drug-likeness (QED) is 0.923. The summed E-state index contributed by atoms with van der Waals surface area (Å²) in [5.41, 5.74) is 1.06. The standard InChI is InChI=1S/C16H22ClN3O/c1-16(2,3)14(21)10-20-11-18-15(19-20)9-6-12-4-7-13(17)8-5-12/h4-5,7-8,11,14,21H,6,9-10H2,1-3H3. The Kier molecular flexibility index (Phi) is 5.01. The molecule has 0 bridgehead atoms. The summed E-state index contributed by atoms with van der Waals surface area (Å²) in [6.07, 6.45) is 2.90. The number of hydrogen-bond donors (Lipinski definition) is 1.